The Bertz CT molecular complexity index is 240. The quantitative estimate of drug-likeness (QED) is 0.431. The van der Waals surface area contributed by atoms with Crippen molar-refractivity contribution in [2.45, 2.75) is 30.8 Å². The van der Waals surface area contributed by atoms with Crippen LogP contribution in [-0.2, 0) is 9.53 Å². The zero-order valence-electron chi connectivity index (χ0n) is 8.78. The number of rotatable bonds is 6. The van der Waals surface area contributed by atoms with Crippen molar-refractivity contribution in [2.24, 2.45) is 5.73 Å². The van der Waals surface area contributed by atoms with E-state index in [9.17, 15) is 15.0 Å². The summed E-state index contributed by atoms with van der Waals surface area (Å²) in [6, 6.07) is -0.840. The predicted molar refractivity (Wildman–Crippen MR) is 59.3 cm³/mol. The minimum Gasteiger partial charge on any atom is -0.480 e. The number of carboxylic acids is 1. The number of carboxylic acid groups (broad SMARTS) is 1. The fourth-order valence-electron chi connectivity index (χ4n) is 1.35. The Hall–Kier alpha value is -0.340. The SMILES string of the molecule is N[C@@H](CCSC[C@H]1OC[C@H](O)[C@@H]1O)C(=O)O. The Balaban J connectivity index is 2.10. The van der Waals surface area contributed by atoms with Gasteiger partial charge in [0.25, 0.3) is 0 Å². The van der Waals surface area contributed by atoms with Crippen molar-refractivity contribution in [3.05, 3.63) is 0 Å². The summed E-state index contributed by atoms with van der Waals surface area (Å²) in [4.78, 5) is 10.4. The van der Waals surface area contributed by atoms with Crippen LogP contribution < -0.4 is 5.73 Å². The van der Waals surface area contributed by atoms with Crippen LogP contribution in [0.25, 0.3) is 0 Å². The minimum atomic E-state index is -1.01. The zero-order valence-corrected chi connectivity index (χ0v) is 9.60. The molecule has 7 heteroatoms. The van der Waals surface area contributed by atoms with Crippen molar-refractivity contribution in [3.8, 4) is 0 Å². The van der Waals surface area contributed by atoms with E-state index in [-0.39, 0.29) is 12.7 Å². The lowest BCUT2D eigenvalue weighted by Crippen LogP contribution is -2.32. The largest absolute Gasteiger partial charge is 0.480 e. The molecule has 0 unspecified atom stereocenters. The molecule has 1 saturated heterocycles. The molecule has 6 nitrogen and oxygen atoms in total. The molecule has 1 aliphatic heterocycles. The lowest BCUT2D eigenvalue weighted by Gasteiger charge is -2.14. The topological polar surface area (TPSA) is 113 Å². The molecule has 1 fully saturated rings. The zero-order chi connectivity index (χ0) is 12.1. The van der Waals surface area contributed by atoms with Crippen LogP contribution in [0.5, 0.6) is 0 Å². The van der Waals surface area contributed by atoms with E-state index < -0.39 is 24.2 Å². The van der Waals surface area contributed by atoms with Crippen molar-refractivity contribution in [1.82, 2.24) is 0 Å². The van der Waals surface area contributed by atoms with E-state index >= 15 is 0 Å². The van der Waals surface area contributed by atoms with Crippen molar-refractivity contribution in [2.75, 3.05) is 18.1 Å². The molecule has 5 N–H and O–H groups in total. The third-order valence-electron chi connectivity index (χ3n) is 2.43. The van der Waals surface area contributed by atoms with Gasteiger partial charge in [0.05, 0.1) is 12.7 Å². The van der Waals surface area contributed by atoms with Gasteiger partial charge in [-0.25, -0.2) is 0 Å². The summed E-state index contributed by atoms with van der Waals surface area (Å²) in [5.74, 6) is 0.119. The first kappa shape index (κ1) is 13.7. The lowest BCUT2D eigenvalue weighted by molar-refractivity contribution is -0.138. The summed E-state index contributed by atoms with van der Waals surface area (Å²) in [5.41, 5.74) is 5.33. The van der Waals surface area contributed by atoms with Crippen LogP contribution >= 0.6 is 11.8 Å². The Labute approximate surface area is 97.8 Å². The molecule has 0 aliphatic carbocycles. The first-order valence-corrected chi connectivity index (χ1v) is 6.21. The maximum atomic E-state index is 10.4. The molecule has 0 aromatic heterocycles. The Morgan fingerprint density at radius 3 is 2.75 bits per heavy atom. The van der Waals surface area contributed by atoms with E-state index in [0.29, 0.717) is 17.9 Å². The first-order valence-electron chi connectivity index (χ1n) is 5.06. The number of hydrogen-bond donors (Lipinski definition) is 4. The fraction of sp³-hybridized carbons (Fsp3) is 0.889. The van der Waals surface area contributed by atoms with E-state index in [1.54, 1.807) is 0 Å². The summed E-state index contributed by atoms with van der Waals surface area (Å²) in [7, 11) is 0. The number of aliphatic carboxylic acids is 1. The molecule has 0 saturated carbocycles. The highest BCUT2D eigenvalue weighted by Gasteiger charge is 2.34. The first-order chi connectivity index (χ1) is 7.52. The number of hydrogen-bond acceptors (Lipinski definition) is 6. The molecular formula is C9H17NO5S. The van der Waals surface area contributed by atoms with Crippen molar-refractivity contribution < 1.29 is 24.9 Å². The van der Waals surface area contributed by atoms with Crippen LogP contribution in [0.2, 0.25) is 0 Å². The van der Waals surface area contributed by atoms with Crippen LogP contribution in [0, 0.1) is 0 Å². The predicted octanol–water partition coefficient (Wildman–Crippen LogP) is -1.36. The number of thioether (sulfide) groups is 1. The minimum absolute atomic E-state index is 0.154. The smallest absolute Gasteiger partial charge is 0.320 e. The molecule has 16 heavy (non-hydrogen) atoms. The third kappa shape index (κ3) is 3.91. The van der Waals surface area contributed by atoms with Crippen molar-refractivity contribution in [3.63, 3.8) is 0 Å². The van der Waals surface area contributed by atoms with Gasteiger partial charge in [-0.3, -0.25) is 4.79 Å². The molecule has 0 aromatic carbocycles. The average molecular weight is 251 g/mol. The standard InChI is InChI=1S/C9H17NO5S/c10-5(9(13)14)1-2-16-4-7-8(12)6(11)3-15-7/h5-8,11-12H,1-4,10H2,(H,13,14)/t5-,6-,7+,8-/m0/s1. The number of aliphatic hydroxyl groups is 2. The van der Waals surface area contributed by atoms with Gasteiger partial charge in [0.15, 0.2) is 0 Å². The van der Waals surface area contributed by atoms with Gasteiger partial charge < -0.3 is 25.8 Å². The van der Waals surface area contributed by atoms with Crippen LogP contribution in [0.4, 0.5) is 0 Å². The van der Waals surface area contributed by atoms with E-state index in [1.165, 1.54) is 11.8 Å². The molecule has 0 amide bonds. The van der Waals surface area contributed by atoms with E-state index in [1.807, 2.05) is 0 Å². The number of aliphatic hydroxyl groups excluding tert-OH is 2. The Kier molecular flexibility index (Phi) is 5.50. The van der Waals surface area contributed by atoms with Crippen LogP contribution in [0.3, 0.4) is 0 Å². The van der Waals surface area contributed by atoms with Gasteiger partial charge in [0, 0.05) is 5.75 Å². The number of nitrogens with two attached hydrogens (primary N) is 1. The molecular weight excluding hydrogens is 234 g/mol. The van der Waals surface area contributed by atoms with Gasteiger partial charge in [-0.05, 0) is 12.2 Å². The van der Waals surface area contributed by atoms with Crippen molar-refractivity contribution >= 4 is 17.7 Å². The van der Waals surface area contributed by atoms with Crippen LogP contribution in [0.15, 0.2) is 0 Å². The maximum absolute atomic E-state index is 10.4. The number of ether oxygens (including phenoxy) is 1. The monoisotopic (exact) mass is 251 g/mol. The van der Waals surface area contributed by atoms with Gasteiger partial charge in [0.1, 0.15) is 18.2 Å². The van der Waals surface area contributed by atoms with Gasteiger partial charge >= 0.3 is 5.97 Å². The molecule has 0 radical (unpaired) electrons. The fourth-order valence-corrected chi connectivity index (χ4v) is 2.46. The number of carbonyl (C=O) groups is 1. The van der Waals surface area contributed by atoms with Gasteiger partial charge in [0.2, 0.25) is 0 Å². The van der Waals surface area contributed by atoms with E-state index in [4.69, 9.17) is 15.6 Å². The van der Waals surface area contributed by atoms with E-state index in [2.05, 4.69) is 0 Å². The van der Waals surface area contributed by atoms with Gasteiger partial charge in [-0.1, -0.05) is 0 Å². The summed E-state index contributed by atoms with van der Waals surface area (Å²) in [5, 5.41) is 27.2. The Morgan fingerprint density at radius 2 is 2.25 bits per heavy atom. The van der Waals surface area contributed by atoms with Crippen molar-refractivity contribution in [1.29, 1.82) is 0 Å². The van der Waals surface area contributed by atoms with Crippen LogP contribution in [0.1, 0.15) is 6.42 Å². The second-order valence-electron chi connectivity index (χ2n) is 3.74. The highest BCUT2D eigenvalue weighted by Crippen LogP contribution is 2.19. The molecule has 0 bridgehead atoms. The molecule has 94 valence electrons. The van der Waals surface area contributed by atoms with Gasteiger partial charge in [-0.2, -0.15) is 11.8 Å². The third-order valence-corrected chi connectivity index (χ3v) is 3.52. The Morgan fingerprint density at radius 1 is 1.56 bits per heavy atom. The van der Waals surface area contributed by atoms with Gasteiger partial charge in [-0.15, -0.1) is 0 Å². The van der Waals surface area contributed by atoms with E-state index in [0.717, 1.165) is 0 Å². The highest BCUT2D eigenvalue weighted by atomic mass is 32.2. The molecule has 1 heterocycles. The maximum Gasteiger partial charge on any atom is 0.320 e. The van der Waals surface area contributed by atoms with Crippen LogP contribution in [-0.4, -0.2) is 63.8 Å². The average Bonchev–Trinajstić information content (AvgIpc) is 2.55. The lowest BCUT2D eigenvalue weighted by atomic mass is 10.2. The highest BCUT2D eigenvalue weighted by molar-refractivity contribution is 7.99. The summed E-state index contributed by atoms with van der Waals surface area (Å²) < 4.78 is 5.16. The second-order valence-corrected chi connectivity index (χ2v) is 4.89. The summed E-state index contributed by atoms with van der Waals surface area (Å²) >= 11 is 1.46. The second kappa shape index (κ2) is 6.41. The molecule has 0 spiro atoms. The summed E-state index contributed by atoms with van der Waals surface area (Å²) in [6.07, 6.45) is -1.65. The normalized spacial score (nSPS) is 31.6. The molecule has 0 aromatic rings. The molecule has 1 aliphatic rings. The molecule has 4 atom stereocenters. The summed E-state index contributed by atoms with van der Waals surface area (Å²) in [6.45, 7) is 0.154. The molecule has 1 rings (SSSR count).